The third-order valence-corrected chi connectivity index (χ3v) is 2.75. The van der Waals surface area contributed by atoms with Crippen LogP contribution in [-0.4, -0.2) is 54.7 Å². The highest BCUT2D eigenvalue weighted by molar-refractivity contribution is 5.85. The van der Waals surface area contributed by atoms with Crippen molar-refractivity contribution in [3.8, 4) is 0 Å². The lowest BCUT2D eigenvalue weighted by atomic mass is 9.99. The summed E-state index contributed by atoms with van der Waals surface area (Å²) in [7, 11) is 1.50. The van der Waals surface area contributed by atoms with Crippen molar-refractivity contribution in [2.75, 3.05) is 26.8 Å². The molecule has 0 aliphatic carbocycles. The number of carbonyl (C=O) groups excluding carboxylic acids is 1. The van der Waals surface area contributed by atoms with E-state index in [1.807, 2.05) is 13.8 Å². The quantitative estimate of drug-likeness (QED) is 0.625. The molecule has 0 saturated heterocycles. The Morgan fingerprint density at radius 2 is 2.06 bits per heavy atom. The van der Waals surface area contributed by atoms with Gasteiger partial charge in [-0.05, 0) is 5.92 Å². The van der Waals surface area contributed by atoms with Crippen LogP contribution in [0.1, 0.15) is 20.3 Å². The summed E-state index contributed by atoms with van der Waals surface area (Å²) in [5.74, 6) is -1.36. The van der Waals surface area contributed by atoms with Gasteiger partial charge in [0.2, 0.25) is 5.91 Å². The third kappa shape index (κ3) is 5.65. The molecule has 0 aliphatic heterocycles. The number of carboxylic acids is 1. The van der Waals surface area contributed by atoms with Gasteiger partial charge in [-0.3, -0.25) is 9.59 Å². The summed E-state index contributed by atoms with van der Waals surface area (Å²) in [6.45, 7) is 4.01. The fourth-order valence-corrected chi connectivity index (χ4v) is 1.34. The summed E-state index contributed by atoms with van der Waals surface area (Å²) in [5.41, 5.74) is 5.79. The van der Waals surface area contributed by atoms with Crippen molar-refractivity contribution in [3.63, 3.8) is 0 Å². The van der Waals surface area contributed by atoms with E-state index in [2.05, 4.69) is 0 Å². The number of ether oxygens (including phenoxy) is 1. The van der Waals surface area contributed by atoms with Gasteiger partial charge in [-0.15, -0.1) is 0 Å². The smallest absolute Gasteiger partial charge is 0.323 e. The first-order valence-electron chi connectivity index (χ1n) is 5.69. The van der Waals surface area contributed by atoms with E-state index in [1.54, 1.807) is 0 Å². The predicted octanol–water partition coefficient (Wildman–Crippen LogP) is -0.0806. The standard InChI is InChI=1S/C11H22N2O4/c1-4-8(2)10(12)11(16)13(5-6-17-3)7-9(14)15/h8,10H,4-7,12H2,1-3H3,(H,14,15)/t8-,10-/m0/s1. The van der Waals surface area contributed by atoms with Crippen molar-refractivity contribution in [2.45, 2.75) is 26.3 Å². The second kappa shape index (κ2) is 8.03. The lowest BCUT2D eigenvalue weighted by molar-refractivity contribution is -0.145. The molecule has 0 aromatic heterocycles. The summed E-state index contributed by atoms with van der Waals surface area (Å²) in [4.78, 5) is 23.9. The molecule has 0 aliphatic rings. The maximum absolute atomic E-state index is 12.0. The molecule has 100 valence electrons. The van der Waals surface area contributed by atoms with E-state index in [4.69, 9.17) is 15.6 Å². The van der Waals surface area contributed by atoms with Crippen LogP contribution in [0.25, 0.3) is 0 Å². The summed E-state index contributed by atoms with van der Waals surface area (Å²) < 4.78 is 4.84. The van der Waals surface area contributed by atoms with E-state index in [-0.39, 0.29) is 24.9 Å². The van der Waals surface area contributed by atoms with Crippen LogP contribution in [0.2, 0.25) is 0 Å². The zero-order valence-electron chi connectivity index (χ0n) is 10.7. The molecule has 3 N–H and O–H groups in total. The fraction of sp³-hybridized carbons (Fsp3) is 0.818. The van der Waals surface area contributed by atoms with Crippen molar-refractivity contribution < 1.29 is 19.4 Å². The SMILES string of the molecule is CC[C@H](C)[C@H](N)C(=O)N(CCOC)CC(=O)O. The van der Waals surface area contributed by atoms with Crippen LogP contribution in [0.15, 0.2) is 0 Å². The van der Waals surface area contributed by atoms with Crippen molar-refractivity contribution in [1.29, 1.82) is 0 Å². The molecule has 0 unspecified atom stereocenters. The Balaban J connectivity index is 4.54. The lowest BCUT2D eigenvalue weighted by Crippen LogP contribution is -2.49. The predicted molar refractivity (Wildman–Crippen MR) is 63.5 cm³/mol. The molecule has 0 fully saturated rings. The Bertz CT molecular complexity index is 258. The number of nitrogens with zero attached hydrogens (tertiary/aromatic N) is 1. The summed E-state index contributed by atoms with van der Waals surface area (Å²) in [6, 6.07) is -0.656. The summed E-state index contributed by atoms with van der Waals surface area (Å²) in [5, 5.41) is 8.73. The minimum Gasteiger partial charge on any atom is -0.480 e. The number of hydrogen-bond donors (Lipinski definition) is 2. The molecule has 0 bridgehead atoms. The van der Waals surface area contributed by atoms with E-state index in [1.165, 1.54) is 12.0 Å². The highest BCUT2D eigenvalue weighted by atomic mass is 16.5. The van der Waals surface area contributed by atoms with Crippen LogP contribution in [-0.2, 0) is 14.3 Å². The van der Waals surface area contributed by atoms with Gasteiger partial charge >= 0.3 is 5.97 Å². The topological polar surface area (TPSA) is 92.9 Å². The zero-order valence-corrected chi connectivity index (χ0v) is 10.7. The number of amides is 1. The van der Waals surface area contributed by atoms with Gasteiger partial charge in [0, 0.05) is 13.7 Å². The van der Waals surface area contributed by atoms with Crippen LogP contribution >= 0.6 is 0 Å². The van der Waals surface area contributed by atoms with Gasteiger partial charge in [0.05, 0.1) is 12.6 Å². The van der Waals surface area contributed by atoms with Crippen LogP contribution in [0.5, 0.6) is 0 Å². The highest BCUT2D eigenvalue weighted by Crippen LogP contribution is 2.08. The molecule has 0 aromatic rings. The van der Waals surface area contributed by atoms with Crippen molar-refractivity contribution in [3.05, 3.63) is 0 Å². The van der Waals surface area contributed by atoms with Crippen LogP contribution in [0, 0.1) is 5.92 Å². The average Bonchev–Trinajstić information content (AvgIpc) is 2.31. The largest absolute Gasteiger partial charge is 0.480 e. The van der Waals surface area contributed by atoms with Crippen LogP contribution in [0.4, 0.5) is 0 Å². The molecule has 17 heavy (non-hydrogen) atoms. The number of carbonyl (C=O) groups is 2. The number of hydrogen-bond acceptors (Lipinski definition) is 4. The first-order valence-corrected chi connectivity index (χ1v) is 5.69. The molecular formula is C11H22N2O4. The monoisotopic (exact) mass is 246 g/mol. The molecular weight excluding hydrogens is 224 g/mol. The Morgan fingerprint density at radius 1 is 1.47 bits per heavy atom. The van der Waals surface area contributed by atoms with Gasteiger partial charge in [0.25, 0.3) is 0 Å². The molecule has 0 heterocycles. The van der Waals surface area contributed by atoms with Gasteiger partial charge in [-0.25, -0.2) is 0 Å². The van der Waals surface area contributed by atoms with E-state index in [9.17, 15) is 9.59 Å². The highest BCUT2D eigenvalue weighted by Gasteiger charge is 2.26. The van der Waals surface area contributed by atoms with Gasteiger partial charge in [-0.1, -0.05) is 20.3 Å². The van der Waals surface area contributed by atoms with Gasteiger partial charge in [-0.2, -0.15) is 0 Å². The number of aliphatic carboxylic acids is 1. The molecule has 1 amide bonds. The van der Waals surface area contributed by atoms with Crippen molar-refractivity contribution in [1.82, 2.24) is 4.90 Å². The summed E-state index contributed by atoms with van der Waals surface area (Å²) >= 11 is 0. The summed E-state index contributed by atoms with van der Waals surface area (Å²) in [6.07, 6.45) is 0.776. The first-order chi connectivity index (χ1) is 7.93. The van der Waals surface area contributed by atoms with Gasteiger partial charge in [0.15, 0.2) is 0 Å². The Hall–Kier alpha value is -1.14. The second-order valence-corrected chi connectivity index (χ2v) is 4.06. The molecule has 0 rings (SSSR count). The van der Waals surface area contributed by atoms with E-state index >= 15 is 0 Å². The molecule has 0 spiro atoms. The molecule has 2 atom stereocenters. The molecule has 0 aromatic carbocycles. The number of nitrogens with two attached hydrogens (primary N) is 1. The minimum atomic E-state index is -1.05. The van der Waals surface area contributed by atoms with Crippen LogP contribution < -0.4 is 5.73 Å². The first kappa shape index (κ1) is 15.9. The fourth-order valence-electron chi connectivity index (χ4n) is 1.34. The van der Waals surface area contributed by atoms with Crippen LogP contribution in [0.3, 0.4) is 0 Å². The van der Waals surface area contributed by atoms with E-state index in [0.29, 0.717) is 6.61 Å². The number of rotatable bonds is 8. The van der Waals surface area contributed by atoms with Crippen molar-refractivity contribution in [2.24, 2.45) is 11.7 Å². The van der Waals surface area contributed by atoms with E-state index in [0.717, 1.165) is 6.42 Å². The molecule has 6 heteroatoms. The minimum absolute atomic E-state index is 0.0290. The lowest BCUT2D eigenvalue weighted by Gasteiger charge is -2.26. The number of carboxylic acid groups (broad SMARTS) is 1. The Kier molecular flexibility index (Phi) is 7.49. The Labute approximate surface area is 102 Å². The third-order valence-electron chi connectivity index (χ3n) is 2.75. The second-order valence-electron chi connectivity index (χ2n) is 4.06. The molecule has 0 saturated carbocycles. The Morgan fingerprint density at radius 3 is 2.47 bits per heavy atom. The van der Waals surface area contributed by atoms with Crippen molar-refractivity contribution >= 4 is 11.9 Å². The van der Waals surface area contributed by atoms with E-state index < -0.39 is 12.0 Å². The molecule has 0 radical (unpaired) electrons. The normalized spacial score (nSPS) is 14.1. The molecule has 6 nitrogen and oxygen atoms in total. The van der Waals surface area contributed by atoms with Gasteiger partial charge < -0.3 is 20.5 Å². The maximum atomic E-state index is 12.0. The average molecular weight is 246 g/mol. The van der Waals surface area contributed by atoms with Gasteiger partial charge in [0.1, 0.15) is 6.54 Å². The number of methoxy groups -OCH3 is 1. The zero-order chi connectivity index (χ0) is 13.4. The maximum Gasteiger partial charge on any atom is 0.323 e.